The highest BCUT2D eigenvalue weighted by molar-refractivity contribution is 6.35. The topological polar surface area (TPSA) is 49.9 Å². The van der Waals surface area contributed by atoms with Crippen molar-refractivity contribution in [2.75, 3.05) is 26.2 Å². The molecule has 2 aliphatic rings. The molecule has 1 unspecified atom stereocenters. The van der Waals surface area contributed by atoms with Crippen LogP contribution in [0.4, 0.5) is 0 Å². The van der Waals surface area contributed by atoms with Crippen molar-refractivity contribution in [2.45, 2.75) is 60.0 Å². The Morgan fingerprint density at radius 2 is 1.93 bits per heavy atom. The van der Waals surface area contributed by atoms with Crippen molar-refractivity contribution in [2.24, 2.45) is 5.92 Å². The van der Waals surface area contributed by atoms with Gasteiger partial charge in [-0.05, 0) is 64.0 Å². The summed E-state index contributed by atoms with van der Waals surface area (Å²) in [5.74, 6) is 0.205. The van der Waals surface area contributed by atoms with Gasteiger partial charge < -0.3 is 9.64 Å². The highest BCUT2D eigenvalue weighted by Gasteiger charge is 2.42. The van der Waals surface area contributed by atoms with Gasteiger partial charge in [0.15, 0.2) is 0 Å². The van der Waals surface area contributed by atoms with E-state index in [0.717, 1.165) is 36.2 Å². The minimum absolute atomic E-state index is 0.147. The molecule has 1 aromatic carbocycles. The number of hydrogen-bond donors (Lipinski definition) is 0. The monoisotopic (exact) mass is 398 g/mol. The van der Waals surface area contributed by atoms with Gasteiger partial charge in [0, 0.05) is 26.2 Å². The summed E-state index contributed by atoms with van der Waals surface area (Å²) in [4.78, 5) is 30.3. The van der Waals surface area contributed by atoms with Crippen molar-refractivity contribution >= 4 is 17.4 Å². The van der Waals surface area contributed by atoms with Gasteiger partial charge in [-0.25, -0.2) is 0 Å². The highest BCUT2D eigenvalue weighted by Crippen LogP contribution is 2.35. The molecule has 0 radical (unpaired) electrons. The number of aryl methyl sites for hydroxylation is 2. The lowest BCUT2D eigenvalue weighted by Crippen LogP contribution is -2.39. The maximum Gasteiger partial charge on any atom is 0.277 e. The lowest BCUT2D eigenvalue weighted by Gasteiger charge is -2.33. The Morgan fingerprint density at radius 1 is 1.17 bits per heavy atom. The van der Waals surface area contributed by atoms with E-state index in [1.54, 1.807) is 0 Å². The third-order valence-electron chi connectivity index (χ3n) is 5.75. The normalized spacial score (nSPS) is 20.4. The minimum Gasteiger partial charge on any atom is -0.379 e. The standard InChI is InChI=1S/C24H34N2O3/c1-16(2)29-13-7-12-26-23(27)21(20-10-9-17(3)14-19(20)5)22(24(26)28)25-11-6-8-18(4)15-25/h9-10,14,16,18H,6-8,11-13,15H2,1-5H3. The number of piperidine rings is 1. The Morgan fingerprint density at radius 3 is 2.59 bits per heavy atom. The van der Waals surface area contributed by atoms with Gasteiger partial charge in [0.2, 0.25) is 0 Å². The number of carbonyl (C=O) groups excluding carboxylic acids is 2. The molecule has 1 aromatic rings. The average molecular weight is 399 g/mol. The fourth-order valence-corrected chi connectivity index (χ4v) is 4.33. The van der Waals surface area contributed by atoms with Crippen LogP contribution >= 0.6 is 0 Å². The number of hydrogen-bond acceptors (Lipinski definition) is 4. The number of carbonyl (C=O) groups is 2. The van der Waals surface area contributed by atoms with Crippen LogP contribution in [0.5, 0.6) is 0 Å². The van der Waals surface area contributed by atoms with E-state index in [1.165, 1.54) is 11.3 Å². The minimum atomic E-state index is -0.167. The summed E-state index contributed by atoms with van der Waals surface area (Å²) >= 11 is 0. The van der Waals surface area contributed by atoms with E-state index in [4.69, 9.17) is 4.74 Å². The summed E-state index contributed by atoms with van der Waals surface area (Å²) in [6.07, 6.45) is 3.02. The van der Waals surface area contributed by atoms with E-state index in [2.05, 4.69) is 17.9 Å². The molecule has 1 fully saturated rings. The molecule has 0 aliphatic carbocycles. The molecule has 0 bridgehead atoms. The predicted octanol–water partition coefficient (Wildman–Crippen LogP) is 3.93. The first-order valence-corrected chi connectivity index (χ1v) is 10.8. The molecule has 0 aromatic heterocycles. The van der Waals surface area contributed by atoms with Crippen LogP contribution in [0, 0.1) is 19.8 Å². The van der Waals surface area contributed by atoms with Crippen molar-refractivity contribution in [1.29, 1.82) is 0 Å². The number of benzene rings is 1. The first kappa shape index (κ1) is 21.6. The highest BCUT2D eigenvalue weighted by atomic mass is 16.5. The molecule has 158 valence electrons. The fourth-order valence-electron chi connectivity index (χ4n) is 4.33. The van der Waals surface area contributed by atoms with Gasteiger partial charge in [-0.2, -0.15) is 0 Å². The zero-order chi connectivity index (χ0) is 21.1. The lowest BCUT2D eigenvalue weighted by molar-refractivity contribution is -0.137. The van der Waals surface area contributed by atoms with Gasteiger partial charge in [0.05, 0.1) is 11.7 Å². The molecule has 2 heterocycles. The molecule has 2 aliphatic heterocycles. The van der Waals surface area contributed by atoms with Gasteiger partial charge >= 0.3 is 0 Å². The van der Waals surface area contributed by atoms with Gasteiger partial charge in [0.25, 0.3) is 11.8 Å². The summed E-state index contributed by atoms with van der Waals surface area (Å²) < 4.78 is 5.60. The number of likely N-dealkylation sites (tertiary alicyclic amines) is 1. The molecule has 0 spiro atoms. The zero-order valence-electron chi connectivity index (χ0n) is 18.5. The van der Waals surface area contributed by atoms with Crippen molar-refractivity contribution in [1.82, 2.24) is 9.80 Å². The van der Waals surface area contributed by atoms with Crippen molar-refractivity contribution in [3.63, 3.8) is 0 Å². The van der Waals surface area contributed by atoms with Crippen LogP contribution in [0.15, 0.2) is 23.9 Å². The van der Waals surface area contributed by atoms with E-state index >= 15 is 0 Å². The third kappa shape index (κ3) is 4.72. The van der Waals surface area contributed by atoms with E-state index in [-0.39, 0.29) is 17.9 Å². The lowest BCUT2D eigenvalue weighted by atomic mass is 9.95. The van der Waals surface area contributed by atoms with Crippen LogP contribution in [-0.2, 0) is 14.3 Å². The summed E-state index contributed by atoms with van der Waals surface area (Å²) in [5.41, 5.74) is 4.24. The Labute approximate surface area is 174 Å². The van der Waals surface area contributed by atoms with Crippen LogP contribution < -0.4 is 0 Å². The first-order chi connectivity index (χ1) is 13.8. The largest absolute Gasteiger partial charge is 0.379 e. The SMILES string of the molecule is Cc1ccc(C2=C(N3CCCC(C)C3)C(=O)N(CCCOC(C)C)C2=O)c(C)c1. The van der Waals surface area contributed by atoms with Crippen LogP contribution in [-0.4, -0.2) is 54.0 Å². The molecule has 3 rings (SSSR count). The summed E-state index contributed by atoms with van der Waals surface area (Å²) in [5, 5.41) is 0. The van der Waals surface area contributed by atoms with Crippen LogP contribution in [0.25, 0.3) is 5.57 Å². The molecular formula is C24H34N2O3. The Hall–Kier alpha value is -2.14. The number of amides is 2. The average Bonchev–Trinajstić information content (AvgIpc) is 2.89. The second-order valence-electron chi connectivity index (χ2n) is 8.77. The summed E-state index contributed by atoms with van der Waals surface area (Å²) in [7, 11) is 0. The molecule has 0 N–H and O–H groups in total. The predicted molar refractivity (Wildman–Crippen MR) is 115 cm³/mol. The summed E-state index contributed by atoms with van der Waals surface area (Å²) in [6, 6.07) is 6.09. The molecule has 2 amide bonds. The molecular weight excluding hydrogens is 364 g/mol. The molecule has 1 atom stereocenters. The molecule has 29 heavy (non-hydrogen) atoms. The smallest absolute Gasteiger partial charge is 0.277 e. The zero-order valence-corrected chi connectivity index (χ0v) is 18.5. The number of nitrogens with zero attached hydrogens (tertiary/aromatic N) is 2. The van der Waals surface area contributed by atoms with Crippen molar-refractivity contribution in [3.8, 4) is 0 Å². The number of rotatable bonds is 7. The molecule has 0 saturated carbocycles. The number of ether oxygens (including phenoxy) is 1. The van der Waals surface area contributed by atoms with Crippen LogP contribution in [0.2, 0.25) is 0 Å². The third-order valence-corrected chi connectivity index (χ3v) is 5.75. The van der Waals surface area contributed by atoms with Crippen LogP contribution in [0.3, 0.4) is 0 Å². The maximum atomic E-state index is 13.4. The maximum absolute atomic E-state index is 13.4. The van der Waals surface area contributed by atoms with Crippen LogP contribution in [0.1, 0.15) is 56.7 Å². The Kier molecular flexibility index (Phi) is 6.78. The molecule has 5 nitrogen and oxygen atoms in total. The number of imide groups is 1. The van der Waals surface area contributed by atoms with Crippen molar-refractivity contribution in [3.05, 3.63) is 40.6 Å². The molecule has 1 saturated heterocycles. The second-order valence-corrected chi connectivity index (χ2v) is 8.77. The Balaban J connectivity index is 1.93. The van der Waals surface area contributed by atoms with E-state index < -0.39 is 0 Å². The second kappa shape index (κ2) is 9.12. The first-order valence-electron chi connectivity index (χ1n) is 10.8. The van der Waals surface area contributed by atoms with Gasteiger partial charge in [0.1, 0.15) is 5.70 Å². The van der Waals surface area contributed by atoms with Gasteiger partial charge in [-0.3, -0.25) is 14.5 Å². The van der Waals surface area contributed by atoms with Gasteiger partial charge in [-0.1, -0.05) is 30.7 Å². The van der Waals surface area contributed by atoms with Crippen molar-refractivity contribution < 1.29 is 14.3 Å². The fraction of sp³-hybridized carbons (Fsp3) is 0.583. The molecule has 5 heteroatoms. The quantitative estimate of drug-likeness (QED) is 0.516. The van der Waals surface area contributed by atoms with E-state index in [9.17, 15) is 9.59 Å². The van der Waals surface area contributed by atoms with Gasteiger partial charge in [-0.15, -0.1) is 0 Å². The van der Waals surface area contributed by atoms with E-state index in [1.807, 2.05) is 39.8 Å². The van der Waals surface area contributed by atoms with E-state index in [0.29, 0.717) is 36.8 Å². The summed E-state index contributed by atoms with van der Waals surface area (Å²) in [6.45, 7) is 12.8. The Bertz CT molecular complexity index is 812.